The minimum Gasteiger partial charge on any atom is -0.338 e. The third kappa shape index (κ3) is 1.57. The van der Waals surface area contributed by atoms with Crippen molar-refractivity contribution in [1.82, 2.24) is 9.97 Å². The van der Waals surface area contributed by atoms with Crippen molar-refractivity contribution in [3.8, 4) is 11.4 Å². The largest absolute Gasteiger partial charge is 0.338 e. The number of nitrogens with one attached hydrogen (secondary N) is 1. The molecule has 0 spiro atoms. The highest BCUT2D eigenvalue weighted by Crippen LogP contribution is 2.31. The summed E-state index contributed by atoms with van der Waals surface area (Å²) < 4.78 is 15.1. The number of thiophene rings is 1. The second-order valence-corrected chi connectivity index (χ2v) is 5.28. The van der Waals surface area contributed by atoms with Gasteiger partial charge >= 0.3 is 0 Å². The Balaban J connectivity index is 2.00. The lowest BCUT2D eigenvalue weighted by Crippen LogP contribution is -1.86. The Morgan fingerprint density at radius 2 is 1.95 bits per heavy atom. The summed E-state index contributed by atoms with van der Waals surface area (Å²) in [5.74, 6) is 0.376. The SMILES string of the molecule is Fc1c(-c2nc3ccccc3[nH]2)ccc2ccsc12. The van der Waals surface area contributed by atoms with Crippen LogP contribution in [0.3, 0.4) is 0 Å². The summed E-state index contributed by atoms with van der Waals surface area (Å²) in [6, 6.07) is 13.3. The maximum absolute atomic E-state index is 14.5. The molecule has 2 nitrogen and oxygen atoms in total. The van der Waals surface area contributed by atoms with Crippen molar-refractivity contribution in [2.45, 2.75) is 0 Å². The maximum Gasteiger partial charge on any atom is 0.151 e. The van der Waals surface area contributed by atoms with Crippen LogP contribution < -0.4 is 0 Å². The van der Waals surface area contributed by atoms with E-state index in [1.807, 2.05) is 41.8 Å². The number of aromatic amines is 1. The smallest absolute Gasteiger partial charge is 0.151 e. The number of para-hydroxylation sites is 2. The predicted molar refractivity (Wildman–Crippen MR) is 76.9 cm³/mol. The molecule has 0 atom stereocenters. The van der Waals surface area contributed by atoms with Gasteiger partial charge in [-0.3, -0.25) is 0 Å². The number of imidazole rings is 1. The van der Waals surface area contributed by atoms with Gasteiger partial charge in [-0.05, 0) is 35.0 Å². The van der Waals surface area contributed by atoms with Gasteiger partial charge in [0.05, 0.1) is 21.3 Å². The molecule has 4 rings (SSSR count). The highest BCUT2D eigenvalue weighted by molar-refractivity contribution is 7.17. The average molecular weight is 268 g/mol. The van der Waals surface area contributed by atoms with Crippen molar-refractivity contribution >= 4 is 32.5 Å². The van der Waals surface area contributed by atoms with E-state index >= 15 is 0 Å². The zero-order chi connectivity index (χ0) is 12.8. The van der Waals surface area contributed by atoms with Gasteiger partial charge in [-0.25, -0.2) is 9.37 Å². The number of fused-ring (bicyclic) bond motifs is 2. The first-order chi connectivity index (χ1) is 9.33. The molecule has 2 aromatic carbocycles. The van der Waals surface area contributed by atoms with Crippen LogP contribution in [0.25, 0.3) is 32.5 Å². The summed E-state index contributed by atoms with van der Waals surface area (Å²) in [7, 11) is 0. The number of aromatic nitrogens is 2. The number of hydrogen-bond acceptors (Lipinski definition) is 2. The lowest BCUT2D eigenvalue weighted by Gasteiger charge is -2.00. The molecule has 92 valence electrons. The molecule has 0 saturated heterocycles. The van der Waals surface area contributed by atoms with Gasteiger partial charge in [-0.1, -0.05) is 18.2 Å². The molecule has 0 aliphatic carbocycles. The fourth-order valence-electron chi connectivity index (χ4n) is 2.26. The van der Waals surface area contributed by atoms with E-state index in [-0.39, 0.29) is 5.82 Å². The molecule has 2 heterocycles. The zero-order valence-corrected chi connectivity index (χ0v) is 10.7. The fraction of sp³-hybridized carbons (Fsp3) is 0. The summed E-state index contributed by atoms with van der Waals surface area (Å²) in [5, 5.41) is 2.83. The average Bonchev–Trinajstić information content (AvgIpc) is 3.05. The maximum atomic E-state index is 14.5. The summed E-state index contributed by atoms with van der Waals surface area (Å²) in [6.07, 6.45) is 0. The Morgan fingerprint density at radius 3 is 2.84 bits per heavy atom. The number of hydrogen-bond donors (Lipinski definition) is 1. The first-order valence-corrected chi connectivity index (χ1v) is 6.82. The molecule has 2 aromatic heterocycles. The van der Waals surface area contributed by atoms with Crippen LogP contribution in [0, 0.1) is 5.82 Å². The van der Waals surface area contributed by atoms with E-state index < -0.39 is 0 Å². The fourth-order valence-corrected chi connectivity index (χ4v) is 3.10. The van der Waals surface area contributed by atoms with Crippen LogP contribution in [0.5, 0.6) is 0 Å². The highest BCUT2D eigenvalue weighted by atomic mass is 32.1. The van der Waals surface area contributed by atoms with Gasteiger partial charge in [0.2, 0.25) is 0 Å². The second kappa shape index (κ2) is 3.90. The predicted octanol–water partition coefficient (Wildman–Crippen LogP) is 4.58. The molecular weight excluding hydrogens is 259 g/mol. The van der Waals surface area contributed by atoms with Crippen LogP contribution in [0.15, 0.2) is 47.8 Å². The van der Waals surface area contributed by atoms with Crippen molar-refractivity contribution in [1.29, 1.82) is 0 Å². The normalized spacial score (nSPS) is 11.4. The van der Waals surface area contributed by atoms with Gasteiger partial charge in [0, 0.05) is 0 Å². The molecule has 0 aliphatic rings. The lowest BCUT2D eigenvalue weighted by atomic mass is 10.1. The molecule has 4 heteroatoms. The lowest BCUT2D eigenvalue weighted by molar-refractivity contribution is 0.644. The van der Waals surface area contributed by atoms with Gasteiger partial charge in [0.1, 0.15) is 5.82 Å². The molecule has 1 N–H and O–H groups in total. The first-order valence-electron chi connectivity index (χ1n) is 5.94. The Hall–Kier alpha value is -2.20. The number of H-pyrrole nitrogens is 1. The van der Waals surface area contributed by atoms with E-state index in [0.717, 1.165) is 16.4 Å². The third-order valence-corrected chi connectivity index (χ3v) is 4.13. The van der Waals surface area contributed by atoms with Crippen LogP contribution in [0.1, 0.15) is 0 Å². The molecule has 0 bridgehead atoms. The minimum absolute atomic E-state index is 0.202. The molecule has 0 amide bonds. The van der Waals surface area contributed by atoms with Crippen LogP contribution in [-0.4, -0.2) is 9.97 Å². The third-order valence-electron chi connectivity index (χ3n) is 3.21. The zero-order valence-electron chi connectivity index (χ0n) is 9.85. The number of halogens is 1. The molecule has 0 saturated carbocycles. The second-order valence-electron chi connectivity index (χ2n) is 4.37. The standard InChI is InChI=1S/C15H9FN2S/c16-13-10(6-5-9-7-8-19-14(9)13)15-17-11-3-1-2-4-12(11)18-15/h1-8H,(H,17,18). The molecule has 4 aromatic rings. The molecule has 0 aliphatic heterocycles. The quantitative estimate of drug-likeness (QED) is 0.537. The van der Waals surface area contributed by atoms with Crippen LogP contribution >= 0.6 is 11.3 Å². The van der Waals surface area contributed by atoms with E-state index in [2.05, 4.69) is 9.97 Å². The number of rotatable bonds is 1. The monoisotopic (exact) mass is 268 g/mol. The van der Waals surface area contributed by atoms with Crippen molar-refractivity contribution in [3.63, 3.8) is 0 Å². The van der Waals surface area contributed by atoms with Crippen LogP contribution in [-0.2, 0) is 0 Å². The van der Waals surface area contributed by atoms with Crippen LogP contribution in [0.2, 0.25) is 0 Å². The summed E-state index contributed by atoms with van der Waals surface area (Å²) in [6.45, 7) is 0. The Bertz CT molecular complexity index is 858. The van der Waals surface area contributed by atoms with Crippen molar-refractivity contribution < 1.29 is 4.39 Å². The van der Waals surface area contributed by atoms with E-state index in [1.54, 1.807) is 6.07 Å². The molecular formula is C15H9FN2S. The van der Waals surface area contributed by atoms with Gasteiger partial charge < -0.3 is 4.98 Å². The first kappa shape index (κ1) is 10.7. The Morgan fingerprint density at radius 1 is 1.05 bits per heavy atom. The van der Waals surface area contributed by atoms with Crippen LogP contribution in [0.4, 0.5) is 4.39 Å². The topological polar surface area (TPSA) is 28.7 Å². The van der Waals surface area contributed by atoms with Gasteiger partial charge in [-0.2, -0.15) is 0 Å². The van der Waals surface area contributed by atoms with E-state index in [1.165, 1.54) is 11.3 Å². The summed E-state index contributed by atoms with van der Waals surface area (Å²) in [5.41, 5.74) is 2.29. The molecule has 0 fully saturated rings. The summed E-state index contributed by atoms with van der Waals surface area (Å²) in [4.78, 5) is 7.61. The molecule has 0 unspecified atom stereocenters. The van der Waals surface area contributed by atoms with E-state index in [9.17, 15) is 4.39 Å². The van der Waals surface area contributed by atoms with E-state index in [0.29, 0.717) is 16.1 Å². The summed E-state index contributed by atoms with van der Waals surface area (Å²) >= 11 is 1.41. The Labute approximate surface area is 112 Å². The van der Waals surface area contributed by atoms with Crippen molar-refractivity contribution in [3.05, 3.63) is 53.7 Å². The van der Waals surface area contributed by atoms with E-state index in [4.69, 9.17) is 0 Å². The van der Waals surface area contributed by atoms with Gasteiger partial charge in [0.25, 0.3) is 0 Å². The minimum atomic E-state index is -0.202. The number of benzene rings is 2. The number of nitrogens with zero attached hydrogens (tertiary/aromatic N) is 1. The van der Waals surface area contributed by atoms with Gasteiger partial charge in [-0.15, -0.1) is 11.3 Å². The van der Waals surface area contributed by atoms with Gasteiger partial charge in [0.15, 0.2) is 5.82 Å². The van der Waals surface area contributed by atoms with Crippen molar-refractivity contribution in [2.24, 2.45) is 0 Å². The Kier molecular flexibility index (Phi) is 2.19. The highest BCUT2D eigenvalue weighted by Gasteiger charge is 2.13. The van der Waals surface area contributed by atoms with Crippen molar-refractivity contribution in [2.75, 3.05) is 0 Å². The molecule has 0 radical (unpaired) electrons. The molecule has 19 heavy (non-hydrogen) atoms.